The third kappa shape index (κ3) is 3.25. The number of carbonyl (C=O) groups excluding carboxylic acids is 1. The van der Waals surface area contributed by atoms with Crippen molar-refractivity contribution < 1.29 is 22.7 Å². The van der Waals surface area contributed by atoms with Gasteiger partial charge < -0.3 is 15.2 Å². The average Bonchev–Trinajstić information content (AvgIpc) is 2.35. The second-order valence-electron chi connectivity index (χ2n) is 3.11. The molecular weight excluding hydrogens is 262 g/mol. The molecule has 0 spiro atoms. The maximum atomic E-state index is 11.9. The van der Waals surface area contributed by atoms with Gasteiger partial charge in [0.25, 0.3) is 10.0 Å². The van der Waals surface area contributed by atoms with E-state index in [0.717, 1.165) is 0 Å². The van der Waals surface area contributed by atoms with E-state index in [1.165, 1.54) is 26.4 Å². The molecule has 9 heteroatoms. The predicted octanol–water partition coefficient (Wildman–Crippen LogP) is -0.435. The lowest BCUT2D eigenvalue weighted by atomic mass is 10.3. The molecule has 0 bridgehead atoms. The lowest BCUT2D eigenvalue weighted by Crippen LogP contribution is -2.44. The number of hydrazine groups is 1. The van der Waals surface area contributed by atoms with E-state index < -0.39 is 16.1 Å². The van der Waals surface area contributed by atoms with Gasteiger partial charge in [0.2, 0.25) is 0 Å². The van der Waals surface area contributed by atoms with Gasteiger partial charge in [-0.25, -0.2) is 13.2 Å². The summed E-state index contributed by atoms with van der Waals surface area (Å²) in [6.07, 6.45) is 0. The van der Waals surface area contributed by atoms with Crippen molar-refractivity contribution in [3.8, 4) is 11.5 Å². The first-order valence-electron chi connectivity index (χ1n) is 4.70. The highest BCUT2D eigenvalue weighted by molar-refractivity contribution is 7.89. The summed E-state index contributed by atoms with van der Waals surface area (Å²) in [5.74, 6) is 0.435. The molecule has 4 N–H and O–H groups in total. The van der Waals surface area contributed by atoms with Crippen molar-refractivity contribution in [1.82, 2.24) is 10.3 Å². The maximum absolute atomic E-state index is 11.9. The Morgan fingerprint density at radius 2 is 1.94 bits per heavy atom. The molecule has 1 rings (SSSR count). The molecule has 0 aliphatic rings. The van der Waals surface area contributed by atoms with Gasteiger partial charge in [-0.1, -0.05) is 0 Å². The Hall–Kier alpha value is -2.00. The van der Waals surface area contributed by atoms with Crippen LogP contribution < -0.4 is 25.5 Å². The van der Waals surface area contributed by atoms with Crippen molar-refractivity contribution in [1.29, 1.82) is 0 Å². The molecule has 0 unspecified atom stereocenters. The van der Waals surface area contributed by atoms with Crippen molar-refractivity contribution in [2.75, 3.05) is 14.2 Å². The van der Waals surface area contributed by atoms with Gasteiger partial charge in [-0.05, 0) is 12.1 Å². The second-order valence-corrected chi connectivity index (χ2v) is 4.76. The summed E-state index contributed by atoms with van der Waals surface area (Å²) in [6, 6.07) is 3.20. The molecule has 0 aromatic heterocycles. The summed E-state index contributed by atoms with van der Waals surface area (Å²) >= 11 is 0. The van der Waals surface area contributed by atoms with Gasteiger partial charge >= 0.3 is 6.03 Å². The van der Waals surface area contributed by atoms with Crippen LogP contribution in [0.1, 0.15) is 0 Å². The molecule has 0 saturated carbocycles. The lowest BCUT2D eigenvalue weighted by molar-refractivity contribution is 0.247. The van der Waals surface area contributed by atoms with Crippen LogP contribution in [0.3, 0.4) is 0 Å². The van der Waals surface area contributed by atoms with Crippen LogP contribution in [0.2, 0.25) is 0 Å². The van der Waals surface area contributed by atoms with Gasteiger partial charge in [0.15, 0.2) is 0 Å². The SMILES string of the molecule is COc1ccc(OC)c(S(=O)(=O)NNC(N)=O)c1. The van der Waals surface area contributed by atoms with Crippen LogP contribution in [-0.2, 0) is 10.0 Å². The second kappa shape index (κ2) is 5.56. The topological polar surface area (TPSA) is 120 Å². The Bertz CT molecular complexity index is 543. The smallest absolute Gasteiger partial charge is 0.327 e. The molecule has 18 heavy (non-hydrogen) atoms. The van der Waals surface area contributed by atoms with E-state index in [0.29, 0.717) is 5.75 Å². The normalized spacial score (nSPS) is 10.8. The number of benzene rings is 1. The Labute approximate surface area is 104 Å². The Kier molecular flexibility index (Phi) is 4.34. The van der Waals surface area contributed by atoms with E-state index in [4.69, 9.17) is 15.2 Å². The van der Waals surface area contributed by atoms with E-state index in [1.54, 1.807) is 11.5 Å². The van der Waals surface area contributed by atoms with E-state index in [1.807, 2.05) is 4.83 Å². The van der Waals surface area contributed by atoms with Gasteiger partial charge in [-0.2, -0.15) is 0 Å². The van der Waals surface area contributed by atoms with Crippen molar-refractivity contribution in [2.45, 2.75) is 4.90 Å². The Morgan fingerprint density at radius 3 is 2.44 bits per heavy atom. The number of ether oxygens (including phenoxy) is 2. The molecule has 8 nitrogen and oxygen atoms in total. The molecule has 100 valence electrons. The fourth-order valence-electron chi connectivity index (χ4n) is 1.17. The van der Waals surface area contributed by atoms with Gasteiger partial charge in [0, 0.05) is 6.07 Å². The first-order valence-corrected chi connectivity index (χ1v) is 6.18. The number of nitrogens with two attached hydrogens (primary N) is 1. The monoisotopic (exact) mass is 275 g/mol. The summed E-state index contributed by atoms with van der Waals surface area (Å²) in [4.78, 5) is 12.1. The molecule has 0 radical (unpaired) electrons. The average molecular weight is 275 g/mol. The third-order valence-electron chi connectivity index (χ3n) is 1.97. The van der Waals surface area contributed by atoms with Crippen LogP contribution in [0.5, 0.6) is 11.5 Å². The minimum Gasteiger partial charge on any atom is -0.497 e. The lowest BCUT2D eigenvalue weighted by Gasteiger charge is -2.11. The molecule has 2 amide bonds. The zero-order chi connectivity index (χ0) is 13.8. The largest absolute Gasteiger partial charge is 0.497 e. The number of hydrogen-bond acceptors (Lipinski definition) is 5. The molecule has 0 saturated heterocycles. The molecular formula is C9H13N3O5S. The number of sulfonamides is 1. The molecule has 0 aliphatic heterocycles. The first kappa shape index (κ1) is 14.1. The van der Waals surface area contributed by atoms with Gasteiger partial charge in [0.1, 0.15) is 16.4 Å². The fraction of sp³-hybridized carbons (Fsp3) is 0.222. The Balaban J connectivity index is 3.16. The highest BCUT2D eigenvalue weighted by Gasteiger charge is 2.20. The zero-order valence-corrected chi connectivity index (χ0v) is 10.6. The summed E-state index contributed by atoms with van der Waals surface area (Å²) in [7, 11) is -1.28. The number of carbonyl (C=O) groups is 1. The summed E-state index contributed by atoms with van der Waals surface area (Å²) < 4.78 is 33.6. The zero-order valence-electron chi connectivity index (χ0n) is 9.76. The summed E-state index contributed by atoms with van der Waals surface area (Å²) in [5, 5.41) is 0. The molecule has 1 aromatic carbocycles. The minimum absolute atomic E-state index is 0.106. The van der Waals surface area contributed by atoms with E-state index in [9.17, 15) is 13.2 Å². The van der Waals surface area contributed by atoms with Gasteiger partial charge in [0.05, 0.1) is 14.2 Å². The molecule has 0 atom stereocenters. The number of hydrogen-bond donors (Lipinski definition) is 3. The van der Waals surface area contributed by atoms with Crippen molar-refractivity contribution in [2.24, 2.45) is 5.73 Å². The first-order chi connectivity index (χ1) is 8.40. The number of primary amides is 1. The number of rotatable bonds is 5. The Morgan fingerprint density at radius 1 is 1.28 bits per heavy atom. The predicted molar refractivity (Wildman–Crippen MR) is 62.6 cm³/mol. The fourth-order valence-corrected chi connectivity index (χ4v) is 2.20. The van der Waals surface area contributed by atoms with Gasteiger partial charge in [-0.15, -0.1) is 4.83 Å². The van der Waals surface area contributed by atoms with Crippen LogP contribution in [-0.4, -0.2) is 28.7 Å². The third-order valence-corrected chi connectivity index (χ3v) is 3.24. The van der Waals surface area contributed by atoms with Crippen molar-refractivity contribution in [3.63, 3.8) is 0 Å². The highest BCUT2D eigenvalue weighted by atomic mass is 32.2. The van der Waals surface area contributed by atoms with Crippen LogP contribution in [0.15, 0.2) is 23.1 Å². The molecule has 0 heterocycles. The number of methoxy groups -OCH3 is 2. The van der Waals surface area contributed by atoms with Crippen LogP contribution in [0.4, 0.5) is 4.79 Å². The van der Waals surface area contributed by atoms with E-state index in [2.05, 4.69) is 0 Å². The number of nitrogens with one attached hydrogen (secondary N) is 2. The van der Waals surface area contributed by atoms with Crippen LogP contribution >= 0.6 is 0 Å². The van der Waals surface area contributed by atoms with Crippen LogP contribution in [0.25, 0.3) is 0 Å². The van der Waals surface area contributed by atoms with Crippen LogP contribution in [0, 0.1) is 0 Å². The van der Waals surface area contributed by atoms with E-state index >= 15 is 0 Å². The summed E-state index contributed by atoms with van der Waals surface area (Å²) in [5.41, 5.74) is 6.55. The van der Waals surface area contributed by atoms with E-state index in [-0.39, 0.29) is 10.6 Å². The minimum atomic E-state index is -4.00. The molecule has 0 aliphatic carbocycles. The van der Waals surface area contributed by atoms with Gasteiger partial charge in [-0.3, -0.25) is 5.43 Å². The quantitative estimate of drug-likeness (QED) is 0.629. The maximum Gasteiger partial charge on any atom is 0.327 e. The van der Waals surface area contributed by atoms with Crippen molar-refractivity contribution >= 4 is 16.1 Å². The number of urea groups is 1. The standard InChI is InChI=1S/C9H13N3O5S/c1-16-6-3-4-7(17-2)8(5-6)18(14,15)12-11-9(10)13/h3-5,12H,1-2H3,(H3,10,11,13). The van der Waals surface area contributed by atoms with Crippen molar-refractivity contribution in [3.05, 3.63) is 18.2 Å². The number of amides is 2. The summed E-state index contributed by atoms with van der Waals surface area (Å²) in [6.45, 7) is 0. The molecule has 1 aromatic rings. The molecule has 0 fully saturated rings. The highest BCUT2D eigenvalue weighted by Crippen LogP contribution is 2.27.